The van der Waals surface area contributed by atoms with E-state index >= 15 is 0 Å². The Bertz CT molecular complexity index is 383. The van der Waals surface area contributed by atoms with Crippen LogP contribution in [0.2, 0.25) is 13.1 Å². The van der Waals surface area contributed by atoms with Crippen molar-refractivity contribution < 1.29 is 5.11 Å². The summed E-state index contributed by atoms with van der Waals surface area (Å²) in [5, 5.41) is 11.6. The molecule has 86 valence electrons. The largest absolute Gasteiger partial charge is 0.389 e. The predicted octanol–water partition coefficient (Wildman–Crippen LogP) is 2.61. The van der Waals surface area contributed by atoms with Crippen LogP contribution in [0.1, 0.15) is 19.3 Å². The van der Waals surface area contributed by atoms with Gasteiger partial charge in [-0.25, -0.2) is 0 Å². The van der Waals surface area contributed by atoms with E-state index in [1.54, 1.807) is 0 Å². The van der Waals surface area contributed by atoms with Gasteiger partial charge in [-0.2, -0.15) is 0 Å². The predicted molar refractivity (Wildman–Crippen MR) is 71.5 cm³/mol. The summed E-state index contributed by atoms with van der Waals surface area (Å²) >= 11 is 0. The summed E-state index contributed by atoms with van der Waals surface area (Å²) in [4.78, 5) is 0. The third-order valence-electron chi connectivity index (χ3n) is 3.90. The fraction of sp³-hybridized carbons (Fsp3) is 0.429. The third-order valence-corrected chi connectivity index (χ3v) is 8.26. The molecule has 1 aliphatic carbocycles. The molecule has 0 aromatic heterocycles. The van der Waals surface area contributed by atoms with Gasteiger partial charge in [-0.1, -0.05) is 60.8 Å². The maximum absolute atomic E-state index is 10.8. The second kappa shape index (κ2) is 4.19. The number of benzene rings is 1. The summed E-state index contributed by atoms with van der Waals surface area (Å²) in [6, 6.07) is 10.5. The number of rotatable bonds is 2. The third kappa shape index (κ3) is 1.87. The average Bonchev–Trinajstić information content (AvgIpc) is 2.31. The van der Waals surface area contributed by atoms with Crippen molar-refractivity contribution in [2.45, 2.75) is 37.6 Å². The van der Waals surface area contributed by atoms with Crippen LogP contribution < -0.4 is 5.19 Å². The van der Waals surface area contributed by atoms with Crippen LogP contribution in [0.4, 0.5) is 0 Å². The molecule has 1 nitrogen and oxygen atoms in total. The molecular formula is C14H20OSi. The smallest absolute Gasteiger partial charge is 0.121 e. The molecule has 2 heteroatoms. The second-order valence-electron chi connectivity index (χ2n) is 5.21. The van der Waals surface area contributed by atoms with Gasteiger partial charge < -0.3 is 5.11 Å². The van der Waals surface area contributed by atoms with Gasteiger partial charge in [0.05, 0.1) is 5.22 Å². The van der Waals surface area contributed by atoms with Crippen LogP contribution in [-0.4, -0.2) is 18.4 Å². The number of hydrogen-bond donors (Lipinski definition) is 1. The maximum Gasteiger partial charge on any atom is 0.121 e. The Balaban J connectivity index is 2.38. The Morgan fingerprint density at radius 2 is 1.88 bits per heavy atom. The summed E-state index contributed by atoms with van der Waals surface area (Å²) in [7, 11) is -1.83. The minimum absolute atomic E-state index is 0.563. The molecule has 2 rings (SSSR count). The lowest BCUT2D eigenvalue weighted by atomic mass is 10.0. The van der Waals surface area contributed by atoms with E-state index in [1.807, 2.05) is 6.07 Å². The topological polar surface area (TPSA) is 20.2 Å². The van der Waals surface area contributed by atoms with Crippen molar-refractivity contribution in [1.29, 1.82) is 0 Å². The lowest BCUT2D eigenvalue weighted by molar-refractivity contribution is 0.149. The SMILES string of the molecule is C[Si](C)(c1ccccc1)C1(O)C=CCCC1. The van der Waals surface area contributed by atoms with Gasteiger partial charge in [-0.05, 0) is 19.3 Å². The zero-order valence-corrected chi connectivity index (χ0v) is 11.1. The van der Waals surface area contributed by atoms with E-state index in [0.717, 1.165) is 19.3 Å². The molecule has 1 N–H and O–H groups in total. The van der Waals surface area contributed by atoms with Crippen LogP contribution in [0.3, 0.4) is 0 Å². The molecule has 0 spiro atoms. The second-order valence-corrected chi connectivity index (χ2v) is 9.90. The fourth-order valence-corrected chi connectivity index (χ4v) is 5.34. The van der Waals surface area contributed by atoms with Crippen molar-refractivity contribution in [2.24, 2.45) is 0 Å². The lowest BCUT2D eigenvalue weighted by Gasteiger charge is -2.41. The molecule has 1 aromatic carbocycles. The van der Waals surface area contributed by atoms with Crippen molar-refractivity contribution in [3.05, 3.63) is 42.5 Å². The van der Waals surface area contributed by atoms with Crippen molar-refractivity contribution in [1.82, 2.24) is 0 Å². The number of aliphatic hydroxyl groups is 1. The first kappa shape index (κ1) is 11.6. The van der Waals surface area contributed by atoms with Crippen molar-refractivity contribution in [3.8, 4) is 0 Å². The zero-order valence-electron chi connectivity index (χ0n) is 10.1. The van der Waals surface area contributed by atoms with Crippen molar-refractivity contribution in [3.63, 3.8) is 0 Å². The van der Waals surface area contributed by atoms with E-state index in [9.17, 15) is 5.11 Å². The standard InChI is InChI=1S/C14H20OSi/c1-16(2,13-9-5-3-6-10-13)14(15)11-7-4-8-12-14/h3,5-7,9-11,15H,4,8,12H2,1-2H3. The minimum Gasteiger partial charge on any atom is -0.389 e. The molecular weight excluding hydrogens is 212 g/mol. The van der Waals surface area contributed by atoms with E-state index in [2.05, 4.69) is 49.5 Å². The van der Waals surface area contributed by atoms with Gasteiger partial charge in [0.1, 0.15) is 8.07 Å². The van der Waals surface area contributed by atoms with E-state index in [-0.39, 0.29) is 0 Å². The van der Waals surface area contributed by atoms with Crippen LogP contribution in [0.15, 0.2) is 42.5 Å². The van der Waals surface area contributed by atoms with Crippen LogP contribution in [0.5, 0.6) is 0 Å². The fourth-order valence-electron chi connectivity index (χ4n) is 2.48. The van der Waals surface area contributed by atoms with Crippen molar-refractivity contribution in [2.75, 3.05) is 0 Å². The Hall–Kier alpha value is -0.863. The molecule has 0 radical (unpaired) electrons. The Morgan fingerprint density at radius 1 is 1.19 bits per heavy atom. The Morgan fingerprint density at radius 3 is 2.44 bits per heavy atom. The van der Waals surface area contributed by atoms with E-state index in [4.69, 9.17) is 0 Å². The summed E-state index contributed by atoms with van der Waals surface area (Å²) in [6.07, 6.45) is 7.33. The first-order valence-corrected chi connectivity index (χ1v) is 9.02. The van der Waals surface area contributed by atoms with E-state index in [0.29, 0.717) is 0 Å². The molecule has 1 aliphatic rings. The first-order chi connectivity index (χ1) is 7.56. The summed E-state index contributed by atoms with van der Waals surface area (Å²) in [5.74, 6) is 0. The molecule has 0 saturated heterocycles. The Labute approximate surface area is 98.8 Å². The molecule has 0 fully saturated rings. The van der Waals surface area contributed by atoms with Gasteiger partial charge in [0, 0.05) is 0 Å². The molecule has 0 bridgehead atoms. The summed E-state index contributed by atoms with van der Waals surface area (Å²) < 4.78 is 0. The molecule has 0 amide bonds. The summed E-state index contributed by atoms with van der Waals surface area (Å²) in [6.45, 7) is 4.52. The highest BCUT2D eigenvalue weighted by Crippen LogP contribution is 2.31. The monoisotopic (exact) mass is 232 g/mol. The van der Waals surface area contributed by atoms with E-state index in [1.165, 1.54) is 5.19 Å². The van der Waals surface area contributed by atoms with Gasteiger partial charge in [0.25, 0.3) is 0 Å². The molecule has 0 saturated carbocycles. The average molecular weight is 232 g/mol. The van der Waals surface area contributed by atoms with Gasteiger partial charge in [-0.3, -0.25) is 0 Å². The number of allylic oxidation sites excluding steroid dienone is 1. The quantitative estimate of drug-likeness (QED) is 0.614. The minimum atomic E-state index is -1.83. The molecule has 1 aromatic rings. The molecule has 1 unspecified atom stereocenters. The highest BCUT2D eigenvalue weighted by Gasteiger charge is 2.44. The molecule has 0 aliphatic heterocycles. The maximum atomic E-state index is 10.8. The Kier molecular flexibility index (Phi) is 3.04. The van der Waals surface area contributed by atoms with Gasteiger partial charge >= 0.3 is 0 Å². The van der Waals surface area contributed by atoms with Crippen LogP contribution in [0.25, 0.3) is 0 Å². The van der Waals surface area contributed by atoms with Crippen LogP contribution >= 0.6 is 0 Å². The van der Waals surface area contributed by atoms with Crippen LogP contribution in [0, 0.1) is 0 Å². The van der Waals surface area contributed by atoms with Gasteiger partial charge in [0.15, 0.2) is 0 Å². The first-order valence-electron chi connectivity index (χ1n) is 6.02. The normalized spacial score (nSPS) is 25.7. The summed E-state index contributed by atoms with van der Waals surface area (Å²) in [5.41, 5.74) is 0. The highest BCUT2D eigenvalue weighted by molar-refractivity contribution is 6.92. The number of hydrogen-bond acceptors (Lipinski definition) is 1. The van der Waals surface area contributed by atoms with E-state index < -0.39 is 13.3 Å². The molecule has 0 heterocycles. The van der Waals surface area contributed by atoms with Crippen LogP contribution in [-0.2, 0) is 0 Å². The highest BCUT2D eigenvalue weighted by atomic mass is 28.3. The zero-order chi connectivity index (χ0) is 11.6. The molecule has 16 heavy (non-hydrogen) atoms. The lowest BCUT2D eigenvalue weighted by Crippen LogP contribution is -2.61. The molecule has 1 atom stereocenters. The van der Waals surface area contributed by atoms with Crippen molar-refractivity contribution >= 4 is 13.3 Å². The van der Waals surface area contributed by atoms with Gasteiger partial charge in [0.2, 0.25) is 0 Å². The van der Waals surface area contributed by atoms with Gasteiger partial charge in [-0.15, -0.1) is 0 Å².